The summed E-state index contributed by atoms with van der Waals surface area (Å²) in [6.45, 7) is 0. The number of aromatic nitrogens is 2. The number of fused-ring (bicyclic) bond motifs is 1. The third-order valence-electron chi connectivity index (χ3n) is 5.62. The average Bonchev–Trinajstić information content (AvgIpc) is 3.20. The van der Waals surface area contributed by atoms with Crippen LogP contribution in [0.15, 0.2) is 48.7 Å². The quantitative estimate of drug-likeness (QED) is 0.482. The fraction of sp³-hybridized carbons (Fsp3) is 0.364. The number of hydrogen-bond acceptors (Lipinski definition) is 5. The monoisotopic (exact) mass is 495 g/mol. The molecule has 1 saturated carbocycles. The Balaban J connectivity index is 1.35. The van der Waals surface area contributed by atoms with Crippen molar-refractivity contribution in [1.29, 1.82) is 0 Å². The summed E-state index contributed by atoms with van der Waals surface area (Å²) in [6.07, 6.45) is 0.331. The fourth-order valence-corrected chi connectivity index (χ4v) is 4.62. The first-order valence-electron chi connectivity index (χ1n) is 10.7. The largest absolute Gasteiger partial charge is 0.434 e. The lowest BCUT2D eigenvalue weighted by molar-refractivity contribution is -0.140. The number of anilines is 2. The molecule has 1 aliphatic carbocycles. The molecule has 1 aromatic carbocycles. The lowest BCUT2D eigenvalue weighted by Gasteiger charge is -2.30. The Labute approximate surface area is 194 Å². The molecule has 0 bridgehead atoms. The highest BCUT2D eigenvalue weighted by Gasteiger charge is 2.34. The third kappa shape index (κ3) is 5.79. The Morgan fingerprint density at radius 3 is 2.41 bits per heavy atom. The molecule has 0 atom stereocenters. The minimum Gasteiger partial charge on any atom is -0.368 e. The molecule has 0 spiro atoms. The number of imidazole rings is 1. The highest BCUT2D eigenvalue weighted by Crippen LogP contribution is 2.30. The molecule has 1 fully saturated rings. The first kappa shape index (κ1) is 23.9. The normalized spacial score (nSPS) is 19.1. The van der Waals surface area contributed by atoms with Gasteiger partial charge in [0.05, 0.1) is 6.26 Å². The van der Waals surface area contributed by atoms with Gasteiger partial charge in [-0.1, -0.05) is 12.1 Å². The van der Waals surface area contributed by atoms with E-state index in [1.807, 2.05) is 0 Å². The molecule has 0 saturated heterocycles. The van der Waals surface area contributed by atoms with Gasteiger partial charge < -0.3 is 10.6 Å². The second kappa shape index (κ2) is 9.16. The van der Waals surface area contributed by atoms with Crippen molar-refractivity contribution in [2.75, 3.05) is 16.3 Å². The minimum atomic E-state index is -4.51. The number of sulfonamides is 1. The van der Waals surface area contributed by atoms with Gasteiger partial charge in [0.15, 0.2) is 5.69 Å². The molecule has 2 aromatic heterocycles. The summed E-state index contributed by atoms with van der Waals surface area (Å²) < 4.78 is 65.6. The van der Waals surface area contributed by atoms with Gasteiger partial charge in [-0.15, -0.1) is 0 Å². The van der Waals surface area contributed by atoms with E-state index >= 15 is 0 Å². The van der Waals surface area contributed by atoms with Gasteiger partial charge in [0.25, 0.3) is 5.91 Å². The smallest absolute Gasteiger partial charge is 0.368 e. The van der Waals surface area contributed by atoms with Crippen LogP contribution in [-0.2, 0) is 16.2 Å². The van der Waals surface area contributed by atoms with Crippen molar-refractivity contribution >= 4 is 33.1 Å². The number of nitrogens with one attached hydrogen (secondary N) is 3. The van der Waals surface area contributed by atoms with Crippen LogP contribution in [0.4, 0.5) is 24.7 Å². The Morgan fingerprint density at radius 2 is 1.74 bits per heavy atom. The molecule has 0 radical (unpaired) electrons. The van der Waals surface area contributed by atoms with Crippen LogP contribution in [0.2, 0.25) is 0 Å². The summed E-state index contributed by atoms with van der Waals surface area (Å²) in [6, 6.07) is 11.1. The van der Waals surface area contributed by atoms with Crippen molar-refractivity contribution in [3.63, 3.8) is 0 Å². The van der Waals surface area contributed by atoms with E-state index in [1.54, 1.807) is 30.3 Å². The van der Waals surface area contributed by atoms with Gasteiger partial charge in [-0.05, 0) is 56.0 Å². The molecule has 8 nitrogen and oxygen atoms in total. The molecule has 0 unspecified atom stereocenters. The number of nitrogens with zero attached hydrogens (tertiary/aromatic N) is 2. The minimum absolute atomic E-state index is 0.0396. The van der Waals surface area contributed by atoms with E-state index in [0.717, 1.165) is 25.3 Å². The van der Waals surface area contributed by atoms with E-state index in [-0.39, 0.29) is 23.6 Å². The molecular formula is C22H24F3N5O3S. The predicted molar refractivity (Wildman–Crippen MR) is 122 cm³/mol. The van der Waals surface area contributed by atoms with Crippen molar-refractivity contribution in [2.24, 2.45) is 0 Å². The standard InChI is InChI=1S/C22H24F3N5O3S/c1-34(32,33)29-17-5-2-4-14(12-17)21(31)27-16-10-8-15(9-11-16)26-19-6-3-7-20-28-18(13-30(19)20)22(23,24)25/h2-7,12-13,15-16,26,29H,8-11H2,1H3,(H,27,31). The van der Waals surface area contributed by atoms with Crippen LogP contribution >= 0.6 is 0 Å². The Bertz CT molecular complexity index is 1300. The van der Waals surface area contributed by atoms with Crippen LogP contribution in [0.1, 0.15) is 41.7 Å². The highest BCUT2D eigenvalue weighted by atomic mass is 32.2. The lowest BCUT2D eigenvalue weighted by Crippen LogP contribution is -2.40. The van der Waals surface area contributed by atoms with Gasteiger partial charge in [0, 0.05) is 29.5 Å². The maximum absolute atomic E-state index is 13.0. The van der Waals surface area contributed by atoms with Crippen LogP contribution < -0.4 is 15.4 Å². The second-order valence-electron chi connectivity index (χ2n) is 8.38. The third-order valence-corrected chi connectivity index (χ3v) is 6.23. The van der Waals surface area contributed by atoms with Gasteiger partial charge in [-0.25, -0.2) is 13.4 Å². The highest BCUT2D eigenvalue weighted by molar-refractivity contribution is 7.92. The number of rotatable bonds is 6. The average molecular weight is 496 g/mol. The number of benzene rings is 1. The molecule has 0 aliphatic heterocycles. The van der Waals surface area contributed by atoms with Crippen molar-refractivity contribution in [1.82, 2.24) is 14.7 Å². The zero-order valence-corrected chi connectivity index (χ0v) is 19.1. The molecule has 3 N–H and O–H groups in total. The van der Waals surface area contributed by atoms with Crippen molar-refractivity contribution < 1.29 is 26.4 Å². The molecular weight excluding hydrogens is 471 g/mol. The number of pyridine rings is 1. The number of alkyl halides is 3. The molecule has 4 rings (SSSR count). The SMILES string of the molecule is CS(=O)(=O)Nc1cccc(C(=O)NC2CCC(Nc3cccc4nc(C(F)(F)F)cn34)CC2)c1. The van der Waals surface area contributed by atoms with Gasteiger partial charge in [-0.3, -0.25) is 13.9 Å². The summed E-state index contributed by atoms with van der Waals surface area (Å²) >= 11 is 0. The zero-order valence-electron chi connectivity index (χ0n) is 18.3. The summed E-state index contributed by atoms with van der Waals surface area (Å²) in [7, 11) is -3.45. The van der Waals surface area contributed by atoms with E-state index in [0.29, 0.717) is 29.9 Å². The van der Waals surface area contributed by atoms with Gasteiger partial charge in [0.2, 0.25) is 10.0 Å². The van der Waals surface area contributed by atoms with Crippen LogP contribution in [0.25, 0.3) is 5.65 Å². The van der Waals surface area contributed by atoms with E-state index < -0.39 is 21.9 Å². The van der Waals surface area contributed by atoms with Gasteiger partial charge >= 0.3 is 6.18 Å². The maximum Gasteiger partial charge on any atom is 0.434 e. The fourth-order valence-electron chi connectivity index (χ4n) is 4.06. The topological polar surface area (TPSA) is 105 Å². The Morgan fingerprint density at radius 1 is 1.06 bits per heavy atom. The summed E-state index contributed by atoms with van der Waals surface area (Å²) in [4.78, 5) is 16.3. The number of carbonyl (C=O) groups is 1. The number of hydrogen-bond donors (Lipinski definition) is 3. The van der Waals surface area contributed by atoms with Gasteiger partial charge in [-0.2, -0.15) is 13.2 Å². The number of amides is 1. The molecule has 12 heteroatoms. The number of carbonyl (C=O) groups excluding carboxylic acids is 1. The molecule has 182 valence electrons. The van der Waals surface area contributed by atoms with Crippen molar-refractivity contribution in [3.8, 4) is 0 Å². The van der Waals surface area contributed by atoms with E-state index in [4.69, 9.17) is 0 Å². The molecule has 1 aliphatic rings. The summed E-state index contributed by atoms with van der Waals surface area (Å²) in [5, 5.41) is 6.28. The summed E-state index contributed by atoms with van der Waals surface area (Å²) in [5.74, 6) is 0.236. The zero-order chi connectivity index (χ0) is 24.5. The second-order valence-corrected chi connectivity index (χ2v) is 10.1. The number of halogens is 3. The predicted octanol–water partition coefficient (Wildman–Crippen LogP) is 3.88. The summed E-state index contributed by atoms with van der Waals surface area (Å²) in [5.41, 5.74) is -0.0681. The van der Waals surface area contributed by atoms with Crippen LogP contribution in [0.3, 0.4) is 0 Å². The molecule has 2 heterocycles. The van der Waals surface area contributed by atoms with E-state index in [1.165, 1.54) is 16.5 Å². The van der Waals surface area contributed by atoms with Crippen LogP contribution in [0, 0.1) is 0 Å². The Kier molecular flexibility index (Phi) is 6.43. The van der Waals surface area contributed by atoms with Crippen molar-refractivity contribution in [2.45, 2.75) is 43.9 Å². The van der Waals surface area contributed by atoms with Gasteiger partial charge in [0.1, 0.15) is 11.5 Å². The van der Waals surface area contributed by atoms with Crippen LogP contribution in [-0.4, -0.2) is 42.0 Å². The van der Waals surface area contributed by atoms with Crippen LogP contribution in [0.5, 0.6) is 0 Å². The molecule has 34 heavy (non-hydrogen) atoms. The van der Waals surface area contributed by atoms with E-state index in [2.05, 4.69) is 20.3 Å². The first-order valence-corrected chi connectivity index (χ1v) is 12.6. The molecule has 3 aromatic rings. The van der Waals surface area contributed by atoms with E-state index in [9.17, 15) is 26.4 Å². The lowest BCUT2D eigenvalue weighted by atomic mass is 9.91. The first-order chi connectivity index (χ1) is 16.0. The van der Waals surface area contributed by atoms with Crippen molar-refractivity contribution in [3.05, 3.63) is 59.9 Å². The maximum atomic E-state index is 13.0. The Hall–Kier alpha value is -3.28. The molecule has 1 amide bonds.